The van der Waals surface area contributed by atoms with Crippen LogP contribution in [-0.2, 0) is 0 Å². The number of benzene rings is 1. The van der Waals surface area contributed by atoms with Crippen molar-refractivity contribution in [3.8, 4) is 5.75 Å². The van der Waals surface area contributed by atoms with Gasteiger partial charge in [-0.3, -0.25) is 0 Å². The summed E-state index contributed by atoms with van der Waals surface area (Å²) in [6.45, 7) is 6.24. The summed E-state index contributed by atoms with van der Waals surface area (Å²) < 4.78 is 0. The van der Waals surface area contributed by atoms with E-state index >= 15 is 0 Å². The molecular formula is C19H28O. The molecule has 1 N–H and O–H groups in total. The first-order chi connectivity index (χ1) is 9.73. The molecule has 2 rings (SSSR count). The molecule has 1 aromatic carbocycles. The lowest BCUT2D eigenvalue weighted by Crippen LogP contribution is -2.31. The minimum atomic E-state index is 0.314. The maximum absolute atomic E-state index is 10.3. The van der Waals surface area contributed by atoms with Crippen LogP contribution in [-0.4, -0.2) is 5.11 Å². The van der Waals surface area contributed by atoms with Crippen LogP contribution >= 0.6 is 0 Å². The van der Waals surface area contributed by atoms with Crippen molar-refractivity contribution >= 4 is 0 Å². The van der Waals surface area contributed by atoms with E-state index in [4.69, 9.17) is 0 Å². The van der Waals surface area contributed by atoms with Gasteiger partial charge in [-0.1, -0.05) is 56.9 Å². The van der Waals surface area contributed by atoms with E-state index < -0.39 is 0 Å². The summed E-state index contributed by atoms with van der Waals surface area (Å²) in [4.78, 5) is 0. The molecule has 0 aromatic heterocycles. The summed E-state index contributed by atoms with van der Waals surface area (Å²) in [5, 5.41) is 10.3. The molecule has 1 atom stereocenters. The fraction of sp³-hybridized carbons (Fsp3) is 0.579. The molecule has 0 spiro atoms. The topological polar surface area (TPSA) is 20.2 Å². The van der Waals surface area contributed by atoms with E-state index in [1.165, 1.54) is 32.1 Å². The number of aromatic hydroxyl groups is 1. The van der Waals surface area contributed by atoms with Gasteiger partial charge in [0.2, 0.25) is 0 Å². The highest BCUT2D eigenvalue weighted by Crippen LogP contribution is 2.53. The third-order valence-corrected chi connectivity index (χ3v) is 5.03. The zero-order valence-electron chi connectivity index (χ0n) is 12.8. The maximum Gasteiger partial charge on any atom is 0.119 e. The van der Waals surface area contributed by atoms with Crippen LogP contribution in [0, 0.1) is 5.41 Å². The van der Waals surface area contributed by atoms with E-state index in [9.17, 15) is 5.11 Å². The number of allylic oxidation sites excluding steroid dienone is 1. The summed E-state index contributed by atoms with van der Waals surface area (Å²) in [6.07, 6.45) is 12.0. The van der Waals surface area contributed by atoms with Crippen molar-refractivity contribution in [1.82, 2.24) is 0 Å². The molecule has 1 saturated carbocycles. The van der Waals surface area contributed by atoms with Crippen LogP contribution in [0.5, 0.6) is 5.75 Å². The third kappa shape index (κ3) is 3.08. The molecular weight excluding hydrogens is 244 g/mol. The van der Waals surface area contributed by atoms with Crippen molar-refractivity contribution in [2.45, 2.75) is 64.2 Å². The van der Waals surface area contributed by atoms with Gasteiger partial charge in [0.25, 0.3) is 0 Å². The summed E-state index contributed by atoms with van der Waals surface area (Å²) in [5.74, 6) is 0.937. The van der Waals surface area contributed by atoms with Gasteiger partial charge in [0.15, 0.2) is 0 Å². The number of phenolic OH excluding ortho intramolecular Hbond substituents is 1. The first-order valence-electron chi connectivity index (χ1n) is 8.12. The standard InChI is InChI=1S/C19H28O/c1-3-10-17(16-11-6-7-12-18(16)20)19(13-4-2)14-8-5-9-15-19/h4,6-7,11-12,17,20H,2-3,5,8-10,13-15H2,1H3. The zero-order chi connectivity index (χ0) is 14.4. The van der Waals surface area contributed by atoms with Gasteiger partial charge in [-0.05, 0) is 48.6 Å². The van der Waals surface area contributed by atoms with Gasteiger partial charge >= 0.3 is 0 Å². The predicted molar refractivity (Wildman–Crippen MR) is 86.1 cm³/mol. The van der Waals surface area contributed by atoms with Crippen LogP contribution in [0.25, 0.3) is 0 Å². The fourth-order valence-corrected chi connectivity index (χ4v) is 4.10. The molecule has 0 radical (unpaired) electrons. The Morgan fingerprint density at radius 3 is 2.55 bits per heavy atom. The Bertz CT molecular complexity index is 429. The first kappa shape index (κ1) is 15.2. The second-order valence-corrected chi connectivity index (χ2v) is 6.32. The maximum atomic E-state index is 10.3. The van der Waals surface area contributed by atoms with Crippen molar-refractivity contribution in [3.05, 3.63) is 42.5 Å². The molecule has 1 nitrogen and oxygen atoms in total. The minimum absolute atomic E-state index is 0.314. The second kappa shape index (κ2) is 6.97. The highest BCUT2D eigenvalue weighted by molar-refractivity contribution is 5.36. The minimum Gasteiger partial charge on any atom is -0.508 e. The molecule has 1 heteroatoms. The molecule has 0 saturated heterocycles. The smallest absolute Gasteiger partial charge is 0.119 e. The van der Waals surface area contributed by atoms with E-state index in [0.717, 1.165) is 24.8 Å². The van der Waals surface area contributed by atoms with Crippen molar-refractivity contribution in [2.75, 3.05) is 0 Å². The van der Waals surface area contributed by atoms with Gasteiger partial charge in [0.05, 0.1) is 0 Å². The van der Waals surface area contributed by atoms with Gasteiger partial charge in [-0.25, -0.2) is 0 Å². The van der Waals surface area contributed by atoms with Gasteiger partial charge in [0, 0.05) is 0 Å². The molecule has 1 unspecified atom stereocenters. The van der Waals surface area contributed by atoms with Crippen molar-refractivity contribution in [2.24, 2.45) is 5.41 Å². The molecule has 1 fully saturated rings. The predicted octanol–water partition coefficient (Wildman–Crippen LogP) is 5.80. The average Bonchev–Trinajstić information content (AvgIpc) is 2.47. The lowest BCUT2D eigenvalue weighted by atomic mass is 9.61. The second-order valence-electron chi connectivity index (χ2n) is 6.32. The van der Waals surface area contributed by atoms with E-state index in [1.54, 1.807) is 0 Å². The Kier molecular flexibility index (Phi) is 5.28. The third-order valence-electron chi connectivity index (χ3n) is 5.03. The Labute approximate surface area is 123 Å². The highest BCUT2D eigenvalue weighted by atomic mass is 16.3. The Morgan fingerprint density at radius 1 is 1.25 bits per heavy atom. The number of hydrogen-bond acceptors (Lipinski definition) is 1. The molecule has 1 aliphatic carbocycles. The highest BCUT2D eigenvalue weighted by Gasteiger charge is 2.39. The largest absolute Gasteiger partial charge is 0.508 e. The summed E-state index contributed by atoms with van der Waals surface area (Å²) in [6, 6.07) is 7.93. The van der Waals surface area contributed by atoms with Crippen LogP contribution in [0.1, 0.15) is 69.8 Å². The molecule has 0 aliphatic heterocycles. The van der Waals surface area contributed by atoms with Crippen molar-refractivity contribution < 1.29 is 5.11 Å². The number of rotatable bonds is 6. The summed E-state index contributed by atoms with van der Waals surface area (Å²) in [5.41, 5.74) is 1.47. The van der Waals surface area contributed by atoms with Crippen LogP contribution in [0.4, 0.5) is 0 Å². The Hall–Kier alpha value is -1.24. The van der Waals surface area contributed by atoms with Crippen LogP contribution in [0.3, 0.4) is 0 Å². The zero-order valence-corrected chi connectivity index (χ0v) is 12.8. The Balaban J connectivity index is 2.38. The molecule has 110 valence electrons. The molecule has 20 heavy (non-hydrogen) atoms. The normalized spacial score (nSPS) is 19.4. The SMILES string of the molecule is C=CCC1(C(CCC)c2ccccc2O)CCCCC1. The molecule has 1 aromatic rings. The van der Waals surface area contributed by atoms with Gasteiger partial charge in [-0.15, -0.1) is 6.58 Å². The van der Waals surface area contributed by atoms with Crippen molar-refractivity contribution in [1.29, 1.82) is 0 Å². The first-order valence-corrected chi connectivity index (χ1v) is 8.12. The van der Waals surface area contributed by atoms with Crippen molar-refractivity contribution in [3.63, 3.8) is 0 Å². The van der Waals surface area contributed by atoms with Gasteiger partial charge < -0.3 is 5.11 Å². The number of hydrogen-bond donors (Lipinski definition) is 1. The van der Waals surface area contributed by atoms with E-state index in [-0.39, 0.29) is 0 Å². The summed E-state index contributed by atoms with van der Waals surface area (Å²) in [7, 11) is 0. The van der Waals surface area contributed by atoms with Crippen LogP contribution in [0.15, 0.2) is 36.9 Å². The summed E-state index contributed by atoms with van der Waals surface area (Å²) >= 11 is 0. The molecule has 1 aliphatic rings. The molecule has 0 amide bonds. The Morgan fingerprint density at radius 2 is 1.95 bits per heavy atom. The van der Waals surface area contributed by atoms with E-state index in [2.05, 4.69) is 31.7 Å². The lowest BCUT2D eigenvalue weighted by Gasteiger charge is -2.44. The quantitative estimate of drug-likeness (QED) is 0.649. The lowest BCUT2D eigenvalue weighted by molar-refractivity contribution is 0.136. The van der Waals surface area contributed by atoms with E-state index in [1.807, 2.05) is 12.1 Å². The fourth-order valence-electron chi connectivity index (χ4n) is 4.10. The average molecular weight is 272 g/mol. The molecule has 0 bridgehead atoms. The van der Waals surface area contributed by atoms with Gasteiger partial charge in [-0.2, -0.15) is 0 Å². The van der Waals surface area contributed by atoms with Crippen LogP contribution in [0.2, 0.25) is 0 Å². The van der Waals surface area contributed by atoms with Gasteiger partial charge in [0.1, 0.15) is 5.75 Å². The van der Waals surface area contributed by atoms with Crippen LogP contribution < -0.4 is 0 Å². The molecule has 0 heterocycles. The number of phenols is 1. The monoisotopic (exact) mass is 272 g/mol. The van der Waals surface area contributed by atoms with E-state index in [0.29, 0.717) is 17.1 Å². The number of para-hydroxylation sites is 1.